The third-order valence-electron chi connectivity index (χ3n) is 3.57. The number of nitrogens with one attached hydrogen (secondary N) is 2. The maximum atomic E-state index is 12.6. The first-order valence-electron chi connectivity index (χ1n) is 8.09. The van der Waals surface area contributed by atoms with Crippen molar-refractivity contribution >= 4 is 29.2 Å². The number of thioether (sulfide) groups is 1. The normalized spacial score (nSPS) is 11.6. The molecule has 6 nitrogen and oxygen atoms in total. The Bertz CT molecular complexity index is 864. The molecule has 27 heavy (non-hydrogen) atoms. The molecule has 1 amide bonds. The lowest BCUT2D eigenvalue weighted by molar-refractivity contribution is -0.137. The molecule has 4 N–H and O–H groups in total. The van der Waals surface area contributed by atoms with Crippen LogP contribution in [-0.4, -0.2) is 21.6 Å². The third kappa shape index (κ3) is 5.75. The minimum absolute atomic E-state index is 0.0443. The lowest BCUT2D eigenvalue weighted by Crippen LogP contribution is -2.23. The van der Waals surface area contributed by atoms with Crippen molar-refractivity contribution < 1.29 is 18.0 Å². The fourth-order valence-corrected chi connectivity index (χ4v) is 3.16. The van der Waals surface area contributed by atoms with Gasteiger partial charge in [0.25, 0.3) is 11.5 Å². The molecule has 0 unspecified atom stereocenters. The SMILES string of the molecule is CC(C)CCSc1nc(N)c(NC(=O)c2ccc(C(F)(F)F)cc2)c(=O)[nH]1. The average Bonchev–Trinajstić information content (AvgIpc) is 2.57. The summed E-state index contributed by atoms with van der Waals surface area (Å²) in [6.07, 6.45) is -3.57. The van der Waals surface area contributed by atoms with Crippen molar-refractivity contribution in [2.24, 2.45) is 5.92 Å². The van der Waals surface area contributed by atoms with Gasteiger partial charge in [-0.15, -0.1) is 0 Å². The van der Waals surface area contributed by atoms with Crippen molar-refractivity contribution in [2.75, 3.05) is 16.8 Å². The Morgan fingerprint density at radius 2 is 1.93 bits per heavy atom. The lowest BCUT2D eigenvalue weighted by Gasteiger charge is -2.10. The molecule has 1 heterocycles. The van der Waals surface area contributed by atoms with Crippen LogP contribution in [0.1, 0.15) is 36.2 Å². The van der Waals surface area contributed by atoms with Crippen molar-refractivity contribution in [3.05, 3.63) is 45.7 Å². The van der Waals surface area contributed by atoms with Crippen LogP contribution in [0.4, 0.5) is 24.7 Å². The molecule has 2 rings (SSSR count). The number of nitrogens with two attached hydrogens (primary N) is 1. The van der Waals surface area contributed by atoms with Gasteiger partial charge in [-0.1, -0.05) is 25.6 Å². The maximum absolute atomic E-state index is 12.6. The molecule has 10 heteroatoms. The van der Waals surface area contributed by atoms with E-state index in [4.69, 9.17) is 5.73 Å². The second-order valence-corrected chi connectivity index (χ2v) is 7.28. The lowest BCUT2D eigenvalue weighted by atomic mass is 10.1. The van der Waals surface area contributed by atoms with E-state index in [0.717, 1.165) is 36.4 Å². The standard InChI is InChI=1S/C17H19F3N4O2S/c1-9(2)7-8-27-16-23-13(21)12(15(26)24-16)22-14(25)10-3-5-11(6-4-10)17(18,19)20/h3-6,9H,7-8H2,1-2H3,(H,22,25)(H3,21,23,24,26). The predicted molar refractivity (Wildman–Crippen MR) is 98.8 cm³/mol. The van der Waals surface area contributed by atoms with Gasteiger partial charge in [-0.3, -0.25) is 14.6 Å². The molecule has 0 atom stereocenters. The zero-order valence-corrected chi connectivity index (χ0v) is 15.5. The van der Waals surface area contributed by atoms with Crippen LogP contribution in [0.2, 0.25) is 0 Å². The molecule has 0 saturated carbocycles. The fraction of sp³-hybridized carbons (Fsp3) is 0.353. The zero-order chi connectivity index (χ0) is 20.2. The number of amides is 1. The van der Waals surface area contributed by atoms with Gasteiger partial charge in [0.2, 0.25) is 0 Å². The zero-order valence-electron chi connectivity index (χ0n) is 14.7. The Kier molecular flexibility index (Phi) is 6.53. The van der Waals surface area contributed by atoms with Gasteiger partial charge in [0, 0.05) is 11.3 Å². The number of alkyl halides is 3. The number of hydrogen-bond donors (Lipinski definition) is 3. The highest BCUT2D eigenvalue weighted by atomic mass is 32.2. The molecule has 0 aliphatic heterocycles. The number of anilines is 2. The van der Waals surface area contributed by atoms with Gasteiger partial charge in [0.05, 0.1) is 5.56 Å². The number of carbonyl (C=O) groups is 1. The van der Waals surface area contributed by atoms with E-state index in [2.05, 4.69) is 29.1 Å². The van der Waals surface area contributed by atoms with Crippen LogP contribution in [0.5, 0.6) is 0 Å². The molecular weight excluding hydrogens is 381 g/mol. The molecule has 2 aromatic rings. The number of aromatic amines is 1. The number of rotatable bonds is 6. The minimum atomic E-state index is -4.50. The molecule has 146 valence electrons. The molecular formula is C17H19F3N4O2S. The Labute approximate surface area is 157 Å². The second kappa shape index (κ2) is 8.47. The summed E-state index contributed by atoms with van der Waals surface area (Å²) in [5.74, 6) is 0.329. The minimum Gasteiger partial charge on any atom is -0.382 e. The largest absolute Gasteiger partial charge is 0.416 e. The van der Waals surface area contributed by atoms with E-state index in [1.54, 1.807) is 0 Å². The van der Waals surface area contributed by atoms with E-state index < -0.39 is 23.2 Å². The first-order chi connectivity index (χ1) is 12.6. The van der Waals surface area contributed by atoms with Gasteiger partial charge in [-0.2, -0.15) is 13.2 Å². The second-order valence-electron chi connectivity index (χ2n) is 6.19. The Balaban J connectivity index is 2.12. The van der Waals surface area contributed by atoms with E-state index in [1.165, 1.54) is 11.8 Å². The number of benzene rings is 1. The Morgan fingerprint density at radius 1 is 1.30 bits per heavy atom. The molecule has 1 aromatic heterocycles. The molecule has 0 aliphatic rings. The summed E-state index contributed by atoms with van der Waals surface area (Å²) in [5, 5.41) is 2.63. The van der Waals surface area contributed by atoms with Gasteiger partial charge in [-0.25, -0.2) is 4.98 Å². The van der Waals surface area contributed by atoms with Crippen LogP contribution in [-0.2, 0) is 6.18 Å². The van der Waals surface area contributed by atoms with Crippen LogP contribution in [0, 0.1) is 5.92 Å². The summed E-state index contributed by atoms with van der Waals surface area (Å²) in [5.41, 5.74) is 3.96. The predicted octanol–water partition coefficient (Wildman–Crippen LogP) is 3.76. The van der Waals surface area contributed by atoms with Crippen molar-refractivity contribution in [3.8, 4) is 0 Å². The van der Waals surface area contributed by atoms with E-state index in [9.17, 15) is 22.8 Å². The smallest absolute Gasteiger partial charge is 0.382 e. The van der Waals surface area contributed by atoms with Gasteiger partial charge in [0.15, 0.2) is 11.0 Å². The Morgan fingerprint density at radius 3 is 2.44 bits per heavy atom. The maximum Gasteiger partial charge on any atom is 0.416 e. The van der Waals surface area contributed by atoms with Gasteiger partial charge in [-0.05, 0) is 36.6 Å². The van der Waals surface area contributed by atoms with Crippen molar-refractivity contribution in [1.82, 2.24) is 9.97 Å². The monoisotopic (exact) mass is 400 g/mol. The van der Waals surface area contributed by atoms with E-state index >= 15 is 0 Å². The summed E-state index contributed by atoms with van der Waals surface area (Å²) < 4.78 is 37.7. The number of H-pyrrole nitrogens is 1. The summed E-state index contributed by atoms with van der Waals surface area (Å²) in [6, 6.07) is 3.61. The van der Waals surface area contributed by atoms with Gasteiger partial charge < -0.3 is 11.1 Å². The van der Waals surface area contributed by atoms with Gasteiger partial charge in [0.1, 0.15) is 5.69 Å². The third-order valence-corrected chi connectivity index (χ3v) is 4.48. The summed E-state index contributed by atoms with van der Waals surface area (Å²) in [7, 11) is 0. The average molecular weight is 400 g/mol. The van der Waals surface area contributed by atoms with Crippen molar-refractivity contribution in [1.29, 1.82) is 0 Å². The highest BCUT2D eigenvalue weighted by molar-refractivity contribution is 7.99. The summed E-state index contributed by atoms with van der Waals surface area (Å²) in [6.45, 7) is 4.15. The van der Waals surface area contributed by atoms with Crippen LogP contribution in [0.25, 0.3) is 0 Å². The molecule has 1 aromatic carbocycles. The number of aromatic nitrogens is 2. The molecule has 0 aliphatic carbocycles. The van der Waals surface area contributed by atoms with E-state index in [-0.39, 0.29) is 17.1 Å². The molecule has 0 spiro atoms. The molecule has 0 fully saturated rings. The number of nitrogens with zero attached hydrogens (tertiary/aromatic N) is 1. The van der Waals surface area contributed by atoms with Crippen LogP contribution in [0.3, 0.4) is 0 Å². The summed E-state index contributed by atoms with van der Waals surface area (Å²) in [4.78, 5) is 30.9. The Hall–Kier alpha value is -2.49. The number of carbonyl (C=O) groups excluding carboxylic acids is 1. The topological polar surface area (TPSA) is 101 Å². The fourth-order valence-electron chi connectivity index (χ4n) is 2.05. The van der Waals surface area contributed by atoms with Crippen molar-refractivity contribution in [3.63, 3.8) is 0 Å². The highest BCUT2D eigenvalue weighted by Gasteiger charge is 2.30. The summed E-state index contributed by atoms with van der Waals surface area (Å²) >= 11 is 1.34. The molecule has 0 bridgehead atoms. The van der Waals surface area contributed by atoms with Crippen LogP contribution < -0.4 is 16.6 Å². The molecule has 0 saturated heterocycles. The van der Waals surface area contributed by atoms with E-state index in [0.29, 0.717) is 11.1 Å². The quantitative estimate of drug-likeness (QED) is 0.506. The first kappa shape index (κ1) is 20.8. The highest BCUT2D eigenvalue weighted by Crippen LogP contribution is 2.29. The number of nitrogen functional groups attached to an aromatic ring is 1. The number of halogens is 3. The van der Waals surface area contributed by atoms with Crippen LogP contribution in [0.15, 0.2) is 34.2 Å². The van der Waals surface area contributed by atoms with Crippen LogP contribution >= 0.6 is 11.8 Å². The van der Waals surface area contributed by atoms with Crippen molar-refractivity contribution in [2.45, 2.75) is 31.6 Å². The molecule has 0 radical (unpaired) electrons. The van der Waals surface area contributed by atoms with E-state index in [1.807, 2.05) is 0 Å². The van der Waals surface area contributed by atoms with Gasteiger partial charge >= 0.3 is 6.18 Å². The number of hydrogen-bond acceptors (Lipinski definition) is 5. The first-order valence-corrected chi connectivity index (χ1v) is 9.07.